The number of ether oxygens (including phenoxy) is 3. The van der Waals surface area contributed by atoms with E-state index in [1.165, 1.54) is 6.08 Å². The van der Waals surface area contributed by atoms with Crippen LogP contribution >= 0.6 is 11.6 Å². The number of hydrogen-bond acceptors (Lipinski definition) is 6. The zero-order valence-electron chi connectivity index (χ0n) is 14.0. The Kier molecular flexibility index (Phi) is 5.43. The van der Waals surface area contributed by atoms with Crippen molar-refractivity contribution in [2.45, 2.75) is 13.0 Å². The van der Waals surface area contributed by atoms with Gasteiger partial charge < -0.3 is 18.6 Å². The summed E-state index contributed by atoms with van der Waals surface area (Å²) in [4.78, 5) is 15.9. The Labute approximate surface area is 154 Å². The maximum absolute atomic E-state index is 11.7. The molecular weight excluding hydrogens is 358 g/mol. The molecule has 1 heterocycles. The summed E-state index contributed by atoms with van der Waals surface area (Å²) in [5.74, 6) is 0.553. The Morgan fingerprint density at radius 3 is 2.73 bits per heavy atom. The van der Waals surface area contributed by atoms with Crippen molar-refractivity contribution in [2.75, 3.05) is 6.61 Å². The van der Waals surface area contributed by atoms with E-state index in [9.17, 15) is 4.79 Å². The van der Waals surface area contributed by atoms with Crippen LogP contribution in [0.1, 0.15) is 6.92 Å². The number of benzene rings is 2. The second-order valence-corrected chi connectivity index (χ2v) is 5.78. The SMILES string of the molecule is C=CCOC(=O)C(C)Oc1ccc(Oc2nc3ccc(Cl)cc3o2)cc1. The number of carbonyl (C=O) groups is 1. The number of rotatable bonds is 7. The van der Waals surface area contributed by atoms with E-state index in [0.717, 1.165) is 0 Å². The van der Waals surface area contributed by atoms with Gasteiger partial charge in [-0.05, 0) is 43.3 Å². The van der Waals surface area contributed by atoms with E-state index in [0.29, 0.717) is 27.6 Å². The summed E-state index contributed by atoms with van der Waals surface area (Å²) in [5, 5.41) is 0.558. The van der Waals surface area contributed by atoms with E-state index in [4.69, 9.17) is 30.2 Å². The molecule has 1 atom stereocenters. The molecule has 26 heavy (non-hydrogen) atoms. The van der Waals surface area contributed by atoms with E-state index in [1.54, 1.807) is 49.4 Å². The molecular formula is C19H16ClNO5. The van der Waals surface area contributed by atoms with Crippen LogP contribution < -0.4 is 9.47 Å². The van der Waals surface area contributed by atoms with Gasteiger partial charge in [-0.15, -0.1) is 0 Å². The van der Waals surface area contributed by atoms with E-state index >= 15 is 0 Å². The summed E-state index contributed by atoms with van der Waals surface area (Å²) in [6.07, 6.45) is 0.873. The Morgan fingerprint density at radius 1 is 1.27 bits per heavy atom. The highest BCUT2D eigenvalue weighted by Gasteiger charge is 2.16. The zero-order chi connectivity index (χ0) is 18.5. The third kappa shape index (κ3) is 4.34. The van der Waals surface area contributed by atoms with Crippen LogP contribution in [-0.2, 0) is 9.53 Å². The number of aromatic nitrogens is 1. The molecule has 0 saturated heterocycles. The molecule has 0 N–H and O–H groups in total. The van der Waals surface area contributed by atoms with Crippen LogP contribution in [0.3, 0.4) is 0 Å². The van der Waals surface area contributed by atoms with Crippen LogP contribution in [0.5, 0.6) is 17.6 Å². The molecule has 1 aromatic heterocycles. The molecule has 0 aliphatic carbocycles. The van der Waals surface area contributed by atoms with Gasteiger partial charge in [0.2, 0.25) is 0 Å². The molecule has 0 fully saturated rings. The van der Waals surface area contributed by atoms with E-state index in [-0.39, 0.29) is 12.7 Å². The first-order valence-corrected chi connectivity index (χ1v) is 8.21. The Morgan fingerprint density at radius 2 is 2.00 bits per heavy atom. The number of nitrogens with zero attached hydrogens (tertiary/aromatic N) is 1. The van der Waals surface area contributed by atoms with Crippen LogP contribution in [-0.4, -0.2) is 23.7 Å². The van der Waals surface area contributed by atoms with Crippen LogP contribution in [0.2, 0.25) is 5.02 Å². The van der Waals surface area contributed by atoms with Gasteiger partial charge in [0.1, 0.15) is 23.6 Å². The molecule has 0 aliphatic heterocycles. The third-order valence-corrected chi connectivity index (χ3v) is 3.58. The number of carbonyl (C=O) groups excluding carboxylic acids is 1. The van der Waals surface area contributed by atoms with Crippen molar-refractivity contribution in [2.24, 2.45) is 0 Å². The lowest BCUT2D eigenvalue weighted by Gasteiger charge is -2.13. The lowest BCUT2D eigenvalue weighted by atomic mass is 10.3. The zero-order valence-corrected chi connectivity index (χ0v) is 14.7. The monoisotopic (exact) mass is 373 g/mol. The van der Waals surface area contributed by atoms with Crippen LogP contribution in [0.25, 0.3) is 11.1 Å². The molecule has 0 saturated carbocycles. The predicted molar refractivity (Wildman–Crippen MR) is 96.8 cm³/mol. The maximum Gasteiger partial charge on any atom is 0.400 e. The van der Waals surface area contributed by atoms with Gasteiger partial charge >= 0.3 is 12.0 Å². The smallest absolute Gasteiger partial charge is 0.400 e. The number of halogens is 1. The molecule has 134 valence electrons. The second-order valence-electron chi connectivity index (χ2n) is 5.34. The molecule has 0 bridgehead atoms. The minimum Gasteiger partial charge on any atom is -0.479 e. The second kappa shape index (κ2) is 7.93. The molecule has 0 amide bonds. The first-order valence-electron chi connectivity index (χ1n) is 7.83. The summed E-state index contributed by atoms with van der Waals surface area (Å²) >= 11 is 5.92. The van der Waals surface area contributed by atoms with Crippen molar-refractivity contribution in [3.8, 4) is 17.6 Å². The summed E-state index contributed by atoms with van der Waals surface area (Å²) in [5.41, 5.74) is 1.19. The molecule has 7 heteroatoms. The fraction of sp³-hybridized carbons (Fsp3) is 0.158. The fourth-order valence-electron chi connectivity index (χ4n) is 2.12. The molecule has 3 aromatic rings. The maximum atomic E-state index is 11.7. The van der Waals surface area contributed by atoms with Crippen LogP contribution in [0.4, 0.5) is 0 Å². The minimum absolute atomic E-state index is 0.109. The molecule has 6 nitrogen and oxygen atoms in total. The van der Waals surface area contributed by atoms with Crippen molar-refractivity contribution in [1.29, 1.82) is 0 Å². The number of hydrogen-bond donors (Lipinski definition) is 0. The van der Waals surface area contributed by atoms with Gasteiger partial charge in [0, 0.05) is 11.1 Å². The van der Waals surface area contributed by atoms with Gasteiger partial charge in [-0.2, -0.15) is 4.98 Å². The quantitative estimate of drug-likeness (QED) is 0.439. The Hall–Kier alpha value is -2.99. The summed E-state index contributed by atoms with van der Waals surface area (Å²) in [6.45, 7) is 5.25. The largest absolute Gasteiger partial charge is 0.479 e. The average Bonchev–Trinajstić information content (AvgIpc) is 3.02. The highest BCUT2D eigenvalue weighted by Crippen LogP contribution is 2.28. The number of oxazole rings is 1. The first-order chi connectivity index (χ1) is 12.5. The summed E-state index contributed by atoms with van der Waals surface area (Å²) in [6, 6.07) is 11.8. The Balaban J connectivity index is 1.63. The summed E-state index contributed by atoms with van der Waals surface area (Å²) in [7, 11) is 0. The summed E-state index contributed by atoms with van der Waals surface area (Å²) < 4.78 is 21.5. The molecule has 0 spiro atoms. The molecule has 0 radical (unpaired) electrons. The molecule has 0 aliphatic rings. The van der Waals surface area contributed by atoms with Gasteiger partial charge in [-0.25, -0.2) is 4.79 Å². The normalized spacial score (nSPS) is 11.8. The fourth-order valence-corrected chi connectivity index (χ4v) is 2.28. The van der Waals surface area contributed by atoms with Crippen LogP contribution in [0, 0.1) is 0 Å². The average molecular weight is 374 g/mol. The lowest BCUT2D eigenvalue weighted by molar-refractivity contribution is -0.149. The van der Waals surface area contributed by atoms with Gasteiger partial charge in [-0.3, -0.25) is 0 Å². The van der Waals surface area contributed by atoms with Gasteiger partial charge in [0.15, 0.2) is 11.7 Å². The predicted octanol–water partition coefficient (Wildman–Crippen LogP) is 4.77. The molecule has 3 rings (SSSR count). The van der Waals surface area contributed by atoms with Crippen molar-refractivity contribution in [3.05, 3.63) is 60.1 Å². The highest BCUT2D eigenvalue weighted by atomic mass is 35.5. The van der Waals surface area contributed by atoms with Crippen molar-refractivity contribution in [3.63, 3.8) is 0 Å². The minimum atomic E-state index is -0.733. The van der Waals surface area contributed by atoms with Crippen molar-refractivity contribution < 1.29 is 23.4 Å². The van der Waals surface area contributed by atoms with Gasteiger partial charge in [0.05, 0.1) is 0 Å². The van der Waals surface area contributed by atoms with E-state index in [1.807, 2.05) is 0 Å². The van der Waals surface area contributed by atoms with E-state index < -0.39 is 12.1 Å². The lowest BCUT2D eigenvalue weighted by Crippen LogP contribution is -2.26. The topological polar surface area (TPSA) is 70.8 Å². The number of fused-ring (bicyclic) bond motifs is 1. The van der Waals surface area contributed by atoms with Crippen molar-refractivity contribution in [1.82, 2.24) is 4.98 Å². The number of esters is 1. The molecule has 2 aromatic carbocycles. The van der Waals surface area contributed by atoms with E-state index in [2.05, 4.69) is 11.6 Å². The van der Waals surface area contributed by atoms with Gasteiger partial charge in [0.25, 0.3) is 0 Å². The highest BCUT2D eigenvalue weighted by molar-refractivity contribution is 6.31. The van der Waals surface area contributed by atoms with Crippen LogP contribution in [0.15, 0.2) is 59.5 Å². The first kappa shape index (κ1) is 17.8. The van der Waals surface area contributed by atoms with Crippen molar-refractivity contribution >= 4 is 28.7 Å². The van der Waals surface area contributed by atoms with Gasteiger partial charge in [-0.1, -0.05) is 24.3 Å². The molecule has 1 unspecified atom stereocenters. The third-order valence-electron chi connectivity index (χ3n) is 3.35. The Bertz CT molecular complexity index is 919. The standard InChI is InChI=1S/C19H16ClNO5/c1-3-10-23-18(22)12(2)24-14-5-7-15(8-6-14)25-19-21-16-9-4-13(20)11-17(16)26-19/h3-9,11-12H,1,10H2,2H3.